The van der Waals surface area contributed by atoms with E-state index in [1.807, 2.05) is 48.5 Å². The predicted molar refractivity (Wildman–Crippen MR) is 115 cm³/mol. The number of amides is 1. The van der Waals surface area contributed by atoms with Crippen molar-refractivity contribution < 1.29 is 4.79 Å². The Hall–Kier alpha value is -3.21. The number of hydrogen-bond donors (Lipinski definition) is 1. The van der Waals surface area contributed by atoms with Crippen LogP contribution >= 0.6 is 0 Å². The molecule has 0 saturated carbocycles. The lowest BCUT2D eigenvalue weighted by atomic mass is 9.97. The van der Waals surface area contributed by atoms with Crippen molar-refractivity contribution in [3.63, 3.8) is 0 Å². The number of carbonyl (C=O) groups is 1. The molecular formula is C24H26N4O. The molecule has 29 heavy (non-hydrogen) atoms. The molecule has 0 unspecified atom stereocenters. The summed E-state index contributed by atoms with van der Waals surface area (Å²) in [4.78, 5) is 24.1. The fourth-order valence-electron chi connectivity index (χ4n) is 3.79. The maximum atomic E-state index is 12.8. The van der Waals surface area contributed by atoms with Crippen molar-refractivity contribution in [2.75, 3.05) is 18.0 Å². The second kappa shape index (κ2) is 8.86. The topological polar surface area (TPSA) is 58.1 Å². The number of hydrogen-bond acceptors (Lipinski definition) is 4. The SMILES string of the molecule is Cc1ccccc1CNC(=O)[C@@H]1CCCN(c2ccnc(-c3ccccc3)n2)C1. The zero-order chi connectivity index (χ0) is 20.1. The first-order valence-electron chi connectivity index (χ1n) is 10.2. The highest BCUT2D eigenvalue weighted by Crippen LogP contribution is 2.24. The van der Waals surface area contributed by atoms with E-state index in [4.69, 9.17) is 4.98 Å². The van der Waals surface area contributed by atoms with Gasteiger partial charge in [0.1, 0.15) is 5.82 Å². The summed E-state index contributed by atoms with van der Waals surface area (Å²) in [5, 5.41) is 3.12. The number of rotatable bonds is 5. The fraction of sp³-hybridized carbons (Fsp3) is 0.292. The molecule has 1 fully saturated rings. The molecule has 2 aromatic carbocycles. The van der Waals surface area contributed by atoms with Gasteiger partial charge in [0.25, 0.3) is 0 Å². The monoisotopic (exact) mass is 386 g/mol. The third kappa shape index (κ3) is 4.62. The molecule has 5 heteroatoms. The maximum Gasteiger partial charge on any atom is 0.225 e. The van der Waals surface area contributed by atoms with Crippen LogP contribution < -0.4 is 10.2 Å². The van der Waals surface area contributed by atoms with E-state index in [9.17, 15) is 4.79 Å². The van der Waals surface area contributed by atoms with Crippen LogP contribution in [0.1, 0.15) is 24.0 Å². The number of aromatic nitrogens is 2. The van der Waals surface area contributed by atoms with Crippen molar-refractivity contribution in [3.05, 3.63) is 78.0 Å². The van der Waals surface area contributed by atoms with Crippen LogP contribution in [0.4, 0.5) is 5.82 Å². The number of anilines is 1. The lowest BCUT2D eigenvalue weighted by Gasteiger charge is -2.33. The molecule has 1 aromatic heterocycles. The van der Waals surface area contributed by atoms with Crippen molar-refractivity contribution in [1.29, 1.82) is 0 Å². The van der Waals surface area contributed by atoms with E-state index in [0.29, 0.717) is 18.9 Å². The summed E-state index contributed by atoms with van der Waals surface area (Å²) in [5.74, 6) is 1.70. The Labute approximate surface area is 171 Å². The van der Waals surface area contributed by atoms with Gasteiger partial charge >= 0.3 is 0 Å². The van der Waals surface area contributed by atoms with Gasteiger partial charge < -0.3 is 10.2 Å². The van der Waals surface area contributed by atoms with Gasteiger partial charge in [-0.05, 0) is 37.0 Å². The van der Waals surface area contributed by atoms with Crippen molar-refractivity contribution in [2.45, 2.75) is 26.3 Å². The normalized spacial score (nSPS) is 16.4. The lowest BCUT2D eigenvalue weighted by molar-refractivity contribution is -0.125. The highest BCUT2D eigenvalue weighted by atomic mass is 16.1. The summed E-state index contributed by atoms with van der Waals surface area (Å²) in [6, 6.07) is 20.1. The molecule has 0 bridgehead atoms. The van der Waals surface area contributed by atoms with Gasteiger partial charge in [0.15, 0.2) is 5.82 Å². The molecule has 1 aliphatic heterocycles. The molecule has 2 heterocycles. The molecule has 4 rings (SSSR count). The van der Waals surface area contributed by atoms with Crippen molar-refractivity contribution in [1.82, 2.24) is 15.3 Å². The van der Waals surface area contributed by atoms with Gasteiger partial charge in [-0.2, -0.15) is 0 Å². The van der Waals surface area contributed by atoms with Crippen LogP contribution in [0.15, 0.2) is 66.9 Å². The Morgan fingerprint density at radius 2 is 1.90 bits per heavy atom. The molecule has 148 valence electrons. The van der Waals surface area contributed by atoms with E-state index in [1.54, 1.807) is 6.20 Å². The van der Waals surface area contributed by atoms with E-state index < -0.39 is 0 Å². The number of aryl methyl sites for hydroxylation is 1. The summed E-state index contributed by atoms with van der Waals surface area (Å²) in [6.45, 7) is 4.24. The Balaban J connectivity index is 1.42. The molecule has 1 amide bonds. The number of nitrogens with one attached hydrogen (secondary N) is 1. The first-order valence-corrected chi connectivity index (χ1v) is 10.2. The molecule has 0 radical (unpaired) electrons. The molecule has 1 atom stereocenters. The maximum absolute atomic E-state index is 12.8. The Kier molecular flexibility index (Phi) is 5.84. The van der Waals surface area contributed by atoms with Crippen LogP contribution in [-0.2, 0) is 11.3 Å². The minimum Gasteiger partial charge on any atom is -0.356 e. The highest BCUT2D eigenvalue weighted by molar-refractivity contribution is 5.79. The van der Waals surface area contributed by atoms with E-state index in [0.717, 1.165) is 36.3 Å². The predicted octanol–water partition coefficient (Wildman–Crippen LogP) is 3.98. The van der Waals surface area contributed by atoms with Crippen LogP contribution in [0, 0.1) is 12.8 Å². The zero-order valence-corrected chi connectivity index (χ0v) is 16.7. The Morgan fingerprint density at radius 1 is 1.10 bits per heavy atom. The average molecular weight is 386 g/mol. The first kappa shape index (κ1) is 19.1. The van der Waals surface area contributed by atoms with E-state index >= 15 is 0 Å². The van der Waals surface area contributed by atoms with Gasteiger partial charge in [0.2, 0.25) is 5.91 Å². The summed E-state index contributed by atoms with van der Waals surface area (Å²) < 4.78 is 0. The van der Waals surface area contributed by atoms with E-state index in [1.165, 1.54) is 5.56 Å². The fourth-order valence-corrected chi connectivity index (χ4v) is 3.79. The van der Waals surface area contributed by atoms with Gasteiger partial charge in [0.05, 0.1) is 5.92 Å². The molecule has 3 aromatic rings. The number of carbonyl (C=O) groups excluding carboxylic acids is 1. The minimum absolute atomic E-state index is 0.0251. The minimum atomic E-state index is -0.0251. The largest absolute Gasteiger partial charge is 0.356 e. The lowest BCUT2D eigenvalue weighted by Crippen LogP contribution is -2.43. The number of piperidine rings is 1. The smallest absolute Gasteiger partial charge is 0.225 e. The summed E-state index contributed by atoms with van der Waals surface area (Å²) in [7, 11) is 0. The third-order valence-electron chi connectivity index (χ3n) is 5.50. The molecule has 1 N–H and O–H groups in total. The Morgan fingerprint density at radius 3 is 2.72 bits per heavy atom. The van der Waals surface area contributed by atoms with Crippen LogP contribution in [0.2, 0.25) is 0 Å². The van der Waals surface area contributed by atoms with Gasteiger partial charge in [-0.15, -0.1) is 0 Å². The molecule has 0 spiro atoms. The summed E-state index contributed by atoms with van der Waals surface area (Å²) >= 11 is 0. The van der Waals surface area contributed by atoms with Crippen molar-refractivity contribution >= 4 is 11.7 Å². The van der Waals surface area contributed by atoms with Crippen molar-refractivity contribution in [3.8, 4) is 11.4 Å². The molecular weight excluding hydrogens is 360 g/mol. The number of nitrogens with zero attached hydrogens (tertiary/aromatic N) is 3. The zero-order valence-electron chi connectivity index (χ0n) is 16.7. The van der Waals surface area contributed by atoms with Gasteiger partial charge in [0, 0.05) is 31.4 Å². The second-order valence-corrected chi connectivity index (χ2v) is 7.53. The second-order valence-electron chi connectivity index (χ2n) is 7.53. The van der Waals surface area contributed by atoms with Crippen LogP contribution in [0.5, 0.6) is 0 Å². The van der Waals surface area contributed by atoms with Gasteiger partial charge in [-0.3, -0.25) is 4.79 Å². The summed E-state index contributed by atoms with van der Waals surface area (Å²) in [5.41, 5.74) is 3.36. The third-order valence-corrected chi connectivity index (χ3v) is 5.50. The summed E-state index contributed by atoms with van der Waals surface area (Å²) in [6.07, 6.45) is 3.69. The molecule has 1 aliphatic rings. The highest BCUT2D eigenvalue weighted by Gasteiger charge is 2.26. The van der Waals surface area contributed by atoms with Crippen LogP contribution in [0.3, 0.4) is 0 Å². The van der Waals surface area contributed by atoms with Gasteiger partial charge in [-0.1, -0.05) is 54.6 Å². The van der Waals surface area contributed by atoms with E-state index in [-0.39, 0.29) is 11.8 Å². The van der Waals surface area contributed by atoms with E-state index in [2.05, 4.69) is 34.3 Å². The standard InChI is InChI=1S/C24H26N4O/c1-18-8-5-6-11-20(18)16-26-24(29)21-12-7-15-28(17-21)22-13-14-25-23(27-22)19-9-3-2-4-10-19/h2-6,8-11,13-14,21H,7,12,15-17H2,1H3,(H,26,29)/t21-/m1/s1. The number of benzene rings is 2. The molecule has 0 aliphatic carbocycles. The molecule has 5 nitrogen and oxygen atoms in total. The first-order chi connectivity index (χ1) is 14.2. The van der Waals surface area contributed by atoms with Crippen molar-refractivity contribution in [2.24, 2.45) is 5.92 Å². The van der Waals surface area contributed by atoms with Crippen LogP contribution in [-0.4, -0.2) is 29.0 Å². The van der Waals surface area contributed by atoms with Crippen LogP contribution in [0.25, 0.3) is 11.4 Å². The quantitative estimate of drug-likeness (QED) is 0.720. The van der Waals surface area contributed by atoms with Gasteiger partial charge in [-0.25, -0.2) is 9.97 Å². The Bertz CT molecular complexity index is 973. The average Bonchev–Trinajstić information content (AvgIpc) is 2.79. The molecule has 1 saturated heterocycles.